The molecule has 1 amide bonds. The highest BCUT2D eigenvalue weighted by Gasteiger charge is 2.32. The fourth-order valence-electron chi connectivity index (χ4n) is 3.46. The third-order valence-corrected chi connectivity index (χ3v) is 6.63. The van der Waals surface area contributed by atoms with Gasteiger partial charge in [-0.2, -0.15) is 4.31 Å². The van der Waals surface area contributed by atoms with Crippen molar-refractivity contribution in [1.82, 2.24) is 4.31 Å². The quantitative estimate of drug-likeness (QED) is 0.818. The largest absolute Gasteiger partial charge is 0.373 e. The van der Waals surface area contributed by atoms with Crippen LogP contribution in [-0.2, 0) is 19.6 Å². The van der Waals surface area contributed by atoms with Crippen LogP contribution >= 0.6 is 0 Å². The van der Waals surface area contributed by atoms with E-state index in [4.69, 9.17) is 4.74 Å². The van der Waals surface area contributed by atoms with Gasteiger partial charge in [0.25, 0.3) is 0 Å². The monoisotopic (exact) mass is 378 g/mol. The highest BCUT2D eigenvalue weighted by atomic mass is 32.2. The van der Waals surface area contributed by atoms with Gasteiger partial charge < -0.3 is 10.1 Å². The van der Waals surface area contributed by atoms with Gasteiger partial charge in [0.05, 0.1) is 17.1 Å². The van der Waals surface area contributed by atoms with E-state index in [2.05, 4.69) is 11.4 Å². The molecule has 142 valence electrons. The molecule has 0 bridgehead atoms. The predicted molar refractivity (Wildman–Crippen MR) is 100 cm³/mol. The minimum atomic E-state index is -3.56. The lowest BCUT2D eigenvalue weighted by atomic mass is 9.93. The average molecular weight is 378 g/mol. The number of amides is 1. The first-order chi connectivity index (χ1) is 12.4. The Hall–Kier alpha value is -1.70. The summed E-state index contributed by atoms with van der Waals surface area (Å²) in [5.74, 6) is -0.0273. The molecule has 6 nitrogen and oxygen atoms in total. The number of morpholine rings is 1. The number of rotatable bonds is 4. The molecule has 3 unspecified atom stereocenters. The summed E-state index contributed by atoms with van der Waals surface area (Å²) < 4.78 is 32.7. The molecule has 0 radical (unpaired) electrons. The lowest BCUT2D eigenvalue weighted by molar-refractivity contribution is -0.120. The summed E-state index contributed by atoms with van der Waals surface area (Å²) in [5.41, 5.74) is 0.618. The Morgan fingerprint density at radius 1 is 1.12 bits per heavy atom. The van der Waals surface area contributed by atoms with Crippen LogP contribution in [0, 0.1) is 5.92 Å². The van der Waals surface area contributed by atoms with Crippen LogP contribution in [0.15, 0.2) is 41.3 Å². The molecule has 3 rings (SSSR count). The number of hydrogen-bond acceptors (Lipinski definition) is 4. The molecule has 1 aromatic rings. The second-order valence-electron chi connectivity index (χ2n) is 7.07. The Morgan fingerprint density at radius 3 is 2.35 bits per heavy atom. The van der Waals surface area contributed by atoms with Crippen molar-refractivity contribution in [3.05, 3.63) is 36.4 Å². The van der Waals surface area contributed by atoms with E-state index in [0.717, 1.165) is 19.3 Å². The van der Waals surface area contributed by atoms with Crippen molar-refractivity contribution in [3.63, 3.8) is 0 Å². The molecule has 1 saturated heterocycles. The molecule has 3 atom stereocenters. The number of nitrogens with one attached hydrogen (secondary N) is 1. The van der Waals surface area contributed by atoms with Gasteiger partial charge in [-0.1, -0.05) is 12.2 Å². The zero-order valence-corrected chi connectivity index (χ0v) is 16.0. The van der Waals surface area contributed by atoms with Crippen LogP contribution in [0.3, 0.4) is 0 Å². The van der Waals surface area contributed by atoms with Gasteiger partial charge in [0.15, 0.2) is 0 Å². The third-order valence-electron chi connectivity index (χ3n) is 4.79. The number of sulfonamides is 1. The Kier molecular flexibility index (Phi) is 5.79. The Morgan fingerprint density at radius 2 is 1.77 bits per heavy atom. The van der Waals surface area contributed by atoms with Crippen LogP contribution < -0.4 is 5.32 Å². The highest BCUT2D eigenvalue weighted by Crippen LogP contribution is 2.24. The number of allylic oxidation sites excluding steroid dienone is 2. The van der Waals surface area contributed by atoms with Crippen LogP contribution in [0.25, 0.3) is 0 Å². The van der Waals surface area contributed by atoms with E-state index in [-0.39, 0.29) is 28.9 Å². The summed E-state index contributed by atoms with van der Waals surface area (Å²) in [7, 11) is -3.56. The van der Waals surface area contributed by atoms with Crippen LogP contribution in [0.4, 0.5) is 5.69 Å². The van der Waals surface area contributed by atoms with Gasteiger partial charge in [-0.05, 0) is 57.4 Å². The van der Waals surface area contributed by atoms with Crippen molar-refractivity contribution in [2.75, 3.05) is 18.4 Å². The first kappa shape index (κ1) is 19.1. The van der Waals surface area contributed by atoms with Crippen molar-refractivity contribution in [3.8, 4) is 0 Å². The summed E-state index contributed by atoms with van der Waals surface area (Å²) in [6.45, 7) is 4.44. The second kappa shape index (κ2) is 7.90. The number of carbonyl (C=O) groups excluding carboxylic acids is 1. The number of hydrogen-bond donors (Lipinski definition) is 1. The van der Waals surface area contributed by atoms with E-state index in [0.29, 0.717) is 18.8 Å². The van der Waals surface area contributed by atoms with Gasteiger partial charge in [-0.15, -0.1) is 0 Å². The molecular formula is C19H26N2O4S. The number of anilines is 1. The van der Waals surface area contributed by atoms with Crippen molar-refractivity contribution in [2.24, 2.45) is 5.92 Å². The zero-order chi connectivity index (χ0) is 18.7. The highest BCUT2D eigenvalue weighted by molar-refractivity contribution is 7.89. The van der Waals surface area contributed by atoms with Crippen molar-refractivity contribution >= 4 is 21.6 Å². The average Bonchev–Trinajstić information content (AvgIpc) is 2.62. The molecule has 2 aliphatic rings. The van der Waals surface area contributed by atoms with E-state index in [9.17, 15) is 13.2 Å². The molecule has 1 heterocycles. The molecule has 0 aromatic heterocycles. The van der Waals surface area contributed by atoms with Crippen molar-refractivity contribution in [2.45, 2.75) is 50.2 Å². The van der Waals surface area contributed by atoms with Gasteiger partial charge in [-0.3, -0.25) is 4.79 Å². The Balaban J connectivity index is 1.68. The van der Waals surface area contributed by atoms with Gasteiger partial charge in [0.2, 0.25) is 15.9 Å². The van der Waals surface area contributed by atoms with E-state index in [1.807, 2.05) is 19.9 Å². The maximum absolute atomic E-state index is 12.8. The van der Waals surface area contributed by atoms with Gasteiger partial charge in [0, 0.05) is 24.7 Å². The Labute approximate surface area is 155 Å². The van der Waals surface area contributed by atoms with E-state index < -0.39 is 10.0 Å². The zero-order valence-electron chi connectivity index (χ0n) is 15.2. The van der Waals surface area contributed by atoms with Gasteiger partial charge in [-0.25, -0.2) is 8.42 Å². The van der Waals surface area contributed by atoms with Gasteiger partial charge in [0.1, 0.15) is 0 Å². The van der Waals surface area contributed by atoms with E-state index in [1.165, 1.54) is 4.31 Å². The molecule has 1 fully saturated rings. The standard InChI is InChI=1S/C19H26N2O4S/c1-14-12-21(13-15(2)25-14)26(23,24)18-10-8-17(9-11-18)20-19(22)16-6-4-3-5-7-16/h3-4,8-11,14-16H,5-7,12-13H2,1-2H3,(H,20,22). The molecule has 0 saturated carbocycles. The summed E-state index contributed by atoms with van der Waals surface area (Å²) in [6, 6.07) is 6.40. The summed E-state index contributed by atoms with van der Waals surface area (Å²) in [5, 5.41) is 2.88. The SMILES string of the molecule is CC1CN(S(=O)(=O)c2ccc(NC(=O)C3CC=CCC3)cc2)CC(C)O1. The summed E-state index contributed by atoms with van der Waals surface area (Å²) in [4.78, 5) is 12.5. The lowest BCUT2D eigenvalue weighted by Crippen LogP contribution is -2.48. The van der Waals surface area contributed by atoms with Crippen LogP contribution in [0.1, 0.15) is 33.1 Å². The van der Waals surface area contributed by atoms with Crippen LogP contribution in [0.5, 0.6) is 0 Å². The molecule has 1 aliphatic heterocycles. The second-order valence-corrected chi connectivity index (χ2v) is 9.01. The number of ether oxygens (including phenoxy) is 1. The molecule has 0 spiro atoms. The number of nitrogens with zero attached hydrogens (tertiary/aromatic N) is 1. The van der Waals surface area contributed by atoms with E-state index in [1.54, 1.807) is 24.3 Å². The predicted octanol–water partition coefficient (Wildman–Crippen LogP) is 2.78. The molecule has 7 heteroatoms. The molecule has 1 aromatic carbocycles. The van der Waals surface area contributed by atoms with Crippen molar-refractivity contribution < 1.29 is 17.9 Å². The maximum atomic E-state index is 12.8. The maximum Gasteiger partial charge on any atom is 0.243 e. The van der Waals surface area contributed by atoms with E-state index >= 15 is 0 Å². The lowest BCUT2D eigenvalue weighted by Gasteiger charge is -2.34. The normalized spacial score (nSPS) is 27.2. The molecule has 1 N–H and O–H groups in total. The summed E-state index contributed by atoms with van der Waals surface area (Å²) in [6.07, 6.45) is 6.40. The fourth-order valence-corrected chi connectivity index (χ4v) is 5.05. The van der Waals surface area contributed by atoms with Crippen LogP contribution in [-0.4, -0.2) is 43.9 Å². The molecule has 1 aliphatic carbocycles. The first-order valence-corrected chi connectivity index (χ1v) is 10.5. The first-order valence-electron chi connectivity index (χ1n) is 9.08. The third kappa shape index (κ3) is 4.34. The minimum Gasteiger partial charge on any atom is -0.373 e. The molecule has 26 heavy (non-hydrogen) atoms. The molecular weight excluding hydrogens is 352 g/mol. The number of benzene rings is 1. The van der Waals surface area contributed by atoms with Gasteiger partial charge >= 0.3 is 0 Å². The minimum absolute atomic E-state index is 0.0132. The number of carbonyl (C=O) groups is 1. The smallest absolute Gasteiger partial charge is 0.243 e. The Bertz CT molecular complexity index is 763. The van der Waals surface area contributed by atoms with Crippen molar-refractivity contribution in [1.29, 1.82) is 0 Å². The topological polar surface area (TPSA) is 75.7 Å². The van der Waals surface area contributed by atoms with Crippen LogP contribution in [0.2, 0.25) is 0 Å². The fraction of sp³-hybridized carbons (Fsp3) is 0.526. The summed E-state index contributed by atoms with van der Waals surface area (Å²) >= 11 is 0.